The molecule has 0 aliphatic carbocycles. The van der Waals surface area contributed by atoms with Crippen molar-refractivity contribution in [3.63, 3.8) is 0 Å². The first-order chi connectivity index (χ1) is 6.95. The Hall–Kier alpha value is 0.234. The molecular weight excluding hydrogens is 232 g/mol. The number of hydrogen-bond acceptors (Lipinski definition) is 5. The molecule has 0 rings (SSSR count). The van der Waals surface area contributed by atoms with E-state index < -0.39 is 17.1 Å². The van der Waals surface area contributed by atoms with E-state index in [1.54, 1.807) is 28.4 Å². The lowest BCUT2D eigenvalue weighted by Gasteiger charge is -2.34. The van der Waals surface area contributed by atoms with E-state index in [1.165, 1.54) is 0 Å². The smallest absolute Gasteiger partial charge is 0.352 e. The van der Waals surface area contributed by atoms with Crippen LogP contribution in [0.2, 0.25) is 13.1 Å². The second-order valence-electron chi connectivity index (χ2n) is 3.64. The number of hydrogen-bond donors (Lipinski definition) is 0. The van der Waals surface area contributed by atoms with Gasteiger partial charge in [0.05, 0.1) is 12.5 Å². The van der Waals surface area contributed by atoms with Gasteiger partial charge in [0.2, 0.25) is 0 Å². The molecule has 0 bridgehead atoms. The van der Waals surface area contributed by atoms with E-state index in [1.807, 2.05) is 13.1 Å². The predicted octanol–water partition coefficient (Wildman–Crippen LogP) is 0.811. The molecule has 0 radical (unpaired) electrons. The van der Waals surface area contributed by atoms with Crippen LogP contribution in [0.5, 0.6) is 0 Å². The topological polar surface area (TPSA) is 46.2 Å². The standard InChI is InChI=1S/C8H22O5Si2/c1-9-7-14(5,11-3)13-15(6,12-4)8-10-2/h7-8H2,1-6H3. The van der Waals surface area contributed by atoms with Crippen molar-refractivity contribution < 1.29 is 22.4 Å². The highest BCUT2D eigenvalue weighted by molar-refractivity contribution is 6.79. The molecular formula is C8H22O5Si2. The maximum absolute atomic E-state index is 5.99. The molecule has 2 unspecified atom stereocenters. The quantitative estimate of drug-likeness (QED) is 0.600. The highest BCUT2D eigenvalue weighted by atomic mass is 28.5. The van der Waals surface area contributed by atoms with Crippen molar-refractivity contribution in [2.45, 2.75) is 13.1 Å². The van der Waals surface area contributed by atoms with Crippen LogP contribution >= 0.6 is 0 Å². The minimum absolute atomic E-state index is 0.485. The van der Waals surface area contributed by atoms with E-state index in [-0.39, 0.29) is 0 Å². The Labute approximate surface area is 94.1 Å². The predicted molar refractivity (Wildman–Crippen MR) is 62.1 cm³/mol. The summed E-state index contributed by atoms with van der Waals surface area (Å²) in [5.74, 6) is 0. The van der Waals surface area contributed by atoms with Gasteiger partial charge in [0.1, 0.15) is 0 Å². The highest BCUT2D eigenvalue weighted by Gasteiger charge is 2.42. The lowest BCUT2D eigenvalue weighted by atomic mass is 11.5. The largest absolute Gasteiger partial charge is 0.412 e. The first kappa shape index (κ1) is 15.2. The van der Waals surface area contributed by atoms with Gasteiger partial charge < -0.3 is 22.4 Å². The van der Waals surface area contributed by atoms with E-state index in [0.29, 0.717) is 12.5 Å². The fourth-order valence-electron chi connectivity index (χ4n) is 1.24. The van der Waals surface area contributed by atoms with Gasteiger partial charge in [-0.05, 0) is 13.1 Å². The molecule has 0 amide bonds. The third-order valence-electron chi connectivity index (χ3n) is 2.11. The summed E-state index contributed by atoms with van der Waals surface area (Å²) in [7, 11) is 1.99. The molecule has 0 aromatic heterocycles. The third kappa shape index (κ3) is 5.20. The van der Waals surface area contributed by atoms with Crippen LogP contribution in [-0.4, -0.2) is 58.0 Å². The second kappa shape index (κ2) is 6.74. The third-order valence-corrected chi connectivity index (χ3v) is 8.92. The highest BCUT2D eigenvalue weighted by Crippen LogP contribution is 2.16. The van der Waals surface area contributed by atoms with E-state index >= 15 is 0 Å². The Morgan fingerprint density at radius 3 is 1.27 bits per heavy atom. The van der Waals surface area contributed by atoms with Gasteiger partial charge in [0, 0.05) is 28.4 Å². The Morgan fingerprint density at radius 1 is 0.733 bits per heavy atom. The summed E-state index contributed by atoms with van der Waals surface area (Å²) in [6, 6.07) is 0. The van der Waals surface area contributed by atoms with Gasteiger partial charge >= 0.3 is 17.1 Å². The van der Waals surface area contributed by atoms with Crippen LogP contribution in [0.3, 0.4) is 0 Å². The van der Waals surface area contributed by atoms with Gasteiger partial charge in [-0.1, -0.05) is 0 Å². The molecule has 2 atom stereocenters. The SMILES string of the molecule is COC[Si](C)(OC)O[Si](C)(COC)OC. The molecule has 7 heteroatoms. The number of rotatable bonds is 8. The fourth-order valence-corrected chi connectivity index (χ4v) is 7.32. The summed E-state index contributed by atoms with van der Waals surface area (Å²) in [6.45, 7) is 3.91. The Bertz CT molecular complexity index is 164. The molecule has 0 aromatic carbocycles. The van der Waals surface area contributed by atoms with Crippen LogP contribution in [0.1, 0.15) is 0 Å². The van der Waals surface area contributed by atoms with Crippen molar-refractivity contribution in [1.82, 2.24) is 0 Å². The van der Waals surface area contributed by atoms with Crippen molar-refractivity contribution in [2.75, 3.05) is 40.9 Å². The molecule has 0 spiro atoms. The van der Waals surface area contributed by atoms with Crippen LogP contribution in [0, 0.1) is 0 Å². The maximum Gasteiger partial charge on any atom is 0.352 e. The van der Waals surface area contributed by atoms with E-state index in [9.17, 15) is 0 Å². The minimum Gasteiger partial charge on any atom is -0.412 e. The summed E-state index contributed by atoms with van der Waals surface area (Å²) in [4.78, 5) is 0. The second-order valence-corrected chi connectivity index (χ2v) is 10.4. The molecule has 0 saturated carbocycles. The van der Waals surface area contributed by atoms with Crippen LogP contribution in [0.25, 0.3) is 0 Å². The Balaban J connectivity index is 4.47. The van der Waals surface area contributed by atoms with E-state index in [4.69, 9.17) is 22.4 Å². The summed E-state index contributed by atoms with van der Waals surface area (Å²) in [6.07, 6.45) is 0.971. The summed E-state index contributed by atoms with van der Waals surface area (Å²) in [5, 5.41) is 0. The molecule has 0 aromatic rings. The molecule has 0 N–H and O–H groups in total. The van der Waals surface area contributed by atoms with Crippen molar-refractivity contribution in [3.8, 4) is 0 Å². The normalized spacial score (nSPS) is 19.6. The molecule has 5 nitrogen and oxygen atoms in total. The zero-order valence-electron chi connectivity index (χ0n) is 10.5. The molecule has 0 aliphatic heterocycles. The first-order valence-corrected chi connectivity index (χ1v) is 9.78. The summed E-state index contributed by atoms with van der Waals surface area (Å²) in [5.41, 5.74) is 0. The van der Waals surface area contributed by atoms with Gasteiger partial charge in [-0.3, -0.25) is 0 Å². The van der Waals surface area contributed by atoms with E-state index in [2.05, 4.69) is 0 Å². The van der Waals surface area contributed by atoms with Gasteiger partial charge in [-0.25, -0.2) is 0 Å². The van der Waals surface area contributed by atoms with Crippen LogP contribution in [0.4, 0.5) is 0 Å². The molecule has 15 heavy (non-hydrogen) atoms. The Morgan fingerprint density at radius 2 is 1.07 bits per heavy atom. The molecule has 0 saturated heterocycles. The average Bonchev–Trinajstić information content (AvgIpc) is 2.18. The van der Waals surface area contributed by atoms with Crippen LogP contribution in [-0.2, 0) is 22.4 Å². The van der Waals surface area contributed by atoms with Gasteiger partial charge in [-0.2, -0.15) is 0 Å². The lowest BCUT2D eigenvalue weighted by molar-refractivity contribution is 0.150. The number of ether oxygens (including phenoxy) is 2. The van der Waals surface area contributed by atoms with Crippen molar-refractivity contribution in [2.24, 2.45) is 0 Å². The zero-order chi connectivity index (χ0) is 11.9. The molecule has 0 aliphatic rings. The minimum atomic E-state index is -2.28. The summed E-state index contributed by atoms with van der Waals surface area (Å²) >= 11 is 0. The van der Waals surface area contributed by atoms with Crippen LogP contribution < -0.4 is 0 Å². The average molecular weight is 254 g/mol. The van der Waals surface area contributed by atoms with Gasteiger partial charge in [0.25, 0.3) is 0 Å². The molecule has 92 valence electrons. The van der Waals surface area contributed by atoms with E-state index in [0.717, 1.165) is 0 Å². The fraction of sp³-hybridized carbons (Fsp3) is 1.00. The summed E-state index contributed by atoms with van der Waals surface area (Å²) < 4.78 is 27.0. The van der Waals surface area contributed by atoms with Gasteiger partial charge in [-0.15, -0.1) is 0 Å². The van der Waals surface area contributed by atoms with Crippen LogP contribution in [0.15, 0.2) is 0 Å². The van der Waals surface area contributed by atoms with Crippen molar-refractivity contribution >= 4 is 17.1 Å². The van der Waals surface area contributed by atoms with Crippen molar-refractivity contribution in [1.29, 1.82) is 0 Å². The lowest BCUT2D eigenvalue weighted by Crippen LogP contribution is -2.56. The number of methoxy groups -OCH3 is 2. The molecule has 0 fully saturated rings. The first-order valence-electron chi connectivity index (χ1n) is 4.73. The zero-order valence-corrected chi connectivity index (χ0v) is 12.5. The van der Waals surface area contributed by atoms with Gasteiger partial charge in [0.15, 0.2) is 0 Å². The maximum atomic E-state index is 5.99. The molecule has 0 heterocycles. The Kier molecular flexibility index (Phi) is 6.84. The monoisotopic (exact) mass is 254 g/mol. The van der Waals surface area contributed by atoms with Crippen molar-refractivity contribution in [3.05, 3.63) is 0 Å².